The number of thioether (sulfide) groups is 1. The van der Waals surface area contributed by atoms with Gasteiger partial charge in [0.1, 0.15) is 0 Å². The zero-order valence-electron chi connectivity index (χ0n) is 18.4. The zero-order valence-corrected chi connectivity index (χ0v) is 19.3. The molecule has 0 atom stereocenters. The molecule has 2 heterocycles. The van der Waals surface area contributed by atoms with E-state index in [-0.39, 0.29) is 11.6 Å². The van der Waals surface area contributed by atoms with Gasteiger partial charge in [-0.1, -0.05) is 48.2 Å². The predicted octanol–water partition coefficient (Wildman–Crippen LogP) is 4.45. The van der Waals surface area contributed by atoms with Crippen molar-refractivity contribution in [2.24, 2.45) is 0 Å². The summed E-state index contributed by atoms with van der Waals surface area (Å²) in [6, 6.07) is 14.0. The van der Waals surface area contributed by atoms with Crippen molar-refractivity contribution in [1.29, 1.82) is 0 Å². The highest BCUT2D eigenvalue weighted by Gasteiger charge is 2.12. The first-order valence-electron chi connectivity index (χ1n) is 10.6. The monoisotopic (exact) mass is 480 g/mol. The lowest BCUT2D eigenvalue weighted by molar-refractivity contribution is 0.379. The molecule has 0 N–H and O–H groups in total. The second-order valence-electron chi connectivity index (χ2n) is 7.57. The standard InChI is InChI=1S/C25H22F2N4O2S/c1-33-24-28-13-19(14-29-24)11-20-15-31(10-9-17-5-3-2-4-6-17)25(30-23(20)32)34-16-18-7-8-21(26)22(27)12-18/h2-8,12-15H,9-11,16H2,1H3. The van der Waals surface area contributed by atoms with Gasteiger partial charge < -0.3 is 9.30 Å². The van der Waals surface area contributed by atoms with Crippen LogP contribution in [0.5, 0.6) is 6.01 Å². The van der Waals surface area contributed by atoms with Crippen LogP contribution in [-0.4, -0.2) is 26.6 Å². The molecule has 6 nitrogen and oxygen atoms in total. The van der Waals surface area contributed by atoms with Gasteiger partial charge in [-0.05, 0) is 35.2 Å². The second-order valence-corrected chi connectivity index (χ2v) is 8.52. The molecular weight excluding hydrogens is 458 g/mol. The van der Waals surface area contributed by atoms with Crippen molar-refractivity contribution in [3.05, 3.63) is 111 Å². The fourth-order valence-corrected chi connectivity index (χ4v) is 4.28. The quantitative estimate of drug-likeness (QED) is 0.261. The molecule has 4 aromatic rings. The number of aromatic nitrogens is 4. The minimum absolute atomic E-state index is 0.256. The van der Waals surface area contributed by atoms with E-state index in [1.165, 1.54) is 24.9 Å². The van der Waals surface area contributed by atoms with Crippen LogP contribution in [-0.2, 0) is 25.1 Å². The molecule has 174 valence electrons. The molecule has 0 radical (unpaired) electrons. The molecule has 0 spiro atoms. The molecule has 0 aliphatic heterocycles. The summed E-state index contributed by atoms with van der Waals surface area (Å²) in [5, 5.41) is 0.514. The number of hydrogen-bond acceptors (Lipinski definition) is 6. The van der Waals surface area contributed by atoms with Gasteiger partial charge in [-0.2, -0.15) is 4.98 Å². The van der Waals surface area contributed by atoms with Crippen molar-refractivity contribution < 1.29 is 13.5 Å². The first-order chi connectivity index (χ1) is 16.5. The van der Waals surface area contributed by atoms with E-state index in [0.717, 1.165) is 29.7 Å². The van der Waals surface area contributed by atoms with E-state index in [1.54, 1.807) is 18.6 Å². The molecule has 34 heavy (non-hydrogen) atoms. The molecule has 0 aliphatic carbocycles. The fourth-order valence-electron chi connectivity index (χ4n) is 3.35. The topological polar surface area (TPSA) is 69.9 Å². The van der Waals surface area contributed by atoms with E-state index >= 15 is 0 Å². The summed E-state index contributed by atoms with van der Waals surface area (Å²) in [5.41, 5.74) is 2.69. The lowest BCUT2D eigenvalue weighted by Crippen LogP contribution is -2.20. The van der Waals surface area contributed by atoms with Gasteiger partial charge in [0.15, 0.2) is 16.8 Å². The largest absolute Gasteiger partial charge is 0.467 e. The van der Waals surface area contributed by atoms with Gasteiger partial charge in [-0.15, -0.1) is 0 Å². The van der Waals surface area contributed by atoms with E-state index < -0.39 is 11.6 Å². The van der Waals surface area contributed by atoms with Crippen LogP contribution in [0.3, 0.4) is 0 Å². The maximum Gasteiger partial charge on any atom is 0.316 e. The average molecular weight is 481 g/mol. The highest BCUT2D eigenvalue weighted by molar-refractivity contribution is 7.98. The van der Waals surface area contributed by atoms with Gasteiger partial charge in [0.25, 0.3) is 5.56 Å². The highest BCUT2D eigenvalue weighted by Crippen LogP contribution is 2.22. The number of aryl methyl sites for hydroxylation is 2. The zero-order chi connectivity index (χ0) is 23.9. The van der Waals surface area contributed by atoms with Crippen molar-refractivity contribution >= 4 is 11.8 Å². The summed E-state index contributed by atoms with van der Waals surface area (Å²) < 4.78 is 33.8. The molecule has 2 aromatic carbocycles. The molecule has 0 bridgehead atoms. The smallest absolute Gasteiger partial charge is 0.316 e. The van der Waals surface area contributed by atoms with Crippen molar-refractivity contribution in [1.82, 2.24) is 19.5 Å². The van der Waals surface area contributed by atoms with Gasteiger partial charge in [-0.25, -0.2) is 18.7 Å². The Hall–Kier alpha value is -3.59. The fraction of sp³-hybridized carbons (Fsp3) is 0.200. The Morgan fingerprint density at radius 3 is 2.44 bits per heavy atom. The average Bonchev–Trinajstić information content (AvgIpc) is 2.86. The molecule has 4 rings (SSSR count). The number of nitrogens with zero attached hydrogens (tertiary/aromatic N) is 4. The molecule has 9 heteroatoms. The third-order valence-electron chi connectivity index (χ3n) is 5.12. The van der Waals surface area contributed by atoms with E-state index in [0.29, 0.717) is 35.0 Å². The molecule has 0 aliphatic rings. The highest BCUT2D eigenvalue weighted by atomic mass is 32.2. The lowest BCUT2D eigenvalue weighted by Gasteiger charge is -2.14. The van der Waals surface area contributed by atoms with Crippen LogP contribution in [0.15, 0.2) is 77.1 Å². The number of methoxy groups -OCH3 is 1. The third kappa shape index (κ3) is 6.05. The van der Waals surface area contributed by atoms with Crippen LogP contribution >= 0.6 is 11.8 Å². The second kappa shape index (κ2) is 11.0. The first kappa shape index (κ1) is 23.6. The number of halogens is 2. The van der Waals surface area contributed by atoms with Gasteiger partial charge in [0, 0.05) is 42.9 Å². The Balaban J connectivity index is 1.59. The molecule has 0 amide bonds. The normalized spacial score (nSPS) is 10.9. The van der Waals surface area contributed by atoms with Crippen molar-refractivity contribution in [2.75, 3.05) is 7.11 Å². The van der Waals surface area contributed by atoms with Crippen molar-refractivity contribution in [3.8, 4) is 6.01 Å². The van der Waals surface area contributed by atoms with E-state index in [4.69, 9.17) is 4.74 Å². The Kier molecular flexibility index (Phi) is 7.64. The van der Waals surface area contributed by atoms with Crippen LogP contribution in [0.4, 0.5) is 8.78 Å². The molecule has 0 saturated heterocycles. The minimum Gasteiger partial charge on any atom is -0.467 e. The summed E-state index contributed by atoms with van der Waals surface area (Å²) in [7, 11) is 1.49. The van der Waals surface area contributed by atoms with E-state index in [2.05, 4.69) is 15.0 Å². The van der Waals surface area contributed by atoms with E-state index in [1.807, 2.05) is 34.9 Å². The summed E-state index contributed by atoms with van der Waals surface area (Å²) >= 11 is 1.31. The molecule has 2 aromatic heterocycles. The summed E-state index contributed by atoms with van der Waals surface area (Å²) in [4.78, 5) is 25.3. The van der Waals surface area contributed by atoms with Gasteiger partial charge in [-0.3, -0.25) is 4.79 Å². The first-order valence-corrected chi connectivity index (χ1v) is 11.6. The maximum absolute atomic E-state index is 13.6. The molecule has 0 saturated carbocycles. The SMILES string of the molecule is COc1ncc(Cc2cn(CCc3ccccc3)c(SCc3ccc(F)c(F)c3)nc2=O)cn1. The van der Waals surface area contributed by atoms with Crippen LogP contribution < -0.4 is 10.3 Å². The van der Waals surface area contributed by atoms with Gasteiger partial charge >= 0.3 is 6.01 Å². The summed E-state index contributed by atoms with van der Waals surface area (Å²) in [6.07, 6.45) is 6.11. The predicted molar refractivity (Wildman–Crippen MR) is 126 cm³/mol. The van der Waals surface area contributed by atoms with Crippen LogP contribution in [0, 0.1) is 11.6 Å². The Bertz CT molecular complexity index is 1320. The third-order valence-corrected chi connectivity index (χ3v) is 6.19. The number of ether oxygens (including phenoxy) is 1. The van der Waals surface area contributed by atoms with Gasteiger partial charge in [0.05, 0.1) is 7.11 Å². The lowest BCUT2D eigenvalue weighted by atomic mass is 10.1. The number of hydrogen-bond donors (Lipinski definition) is 0. The maximum atomic E-state index is 13.6. The molecule has 0 unspecified atom stereocenters. The summed E-state index contributed by atoms with van der Waals surface area (Å²) in [6.45, 7) is 0.601. The molecule has 0 fully saturated rings. The molecular formula is C25H22F2N4O2S. The van der Waals surface area contributed by atoms with Crippen molar-refractivity contribution in [2.45, 2.75) is 30.3 Å². The van der Waals surface area contributed by atoms with Gasteiger partial charge in [0.2, 0.25) is 0 Å². The van der Waals surface area contributed by atoms with Crippen molar-refractivity contribution in [3.63, 3.8) is 0 Å². The summed E-state index contributed by atoms with van der Waals surface area (Å²) in [5.74, 6) is -1.44. The number of rotatable bonds is 9. The Morgan fingerprint density at radius 2 is 1.74 bits per heavy atom. The van der Waals surface area contributed by atoms with Crippen LogP contribution in [0.25, 0.3) is 0 Å². The van der Waals surface area contributed by atoms with E-state index in [9.17, 15) is 13.6 Å². The Morgan fingerprint density at radius 1 is 0.971 bits per heavy atom. The number of benzene rings is 2. The van der Waals surface area contributed by atoms with Crippen LogP contribution in [0.1, 0.15) is 22.3 Å². The van der Waals surface area contributed by atoms with Crippen LogP contribution in [0.2, 0.25) is 0 Å². The Labute approximate surface area is 199 Å². The minimum atomic E-state index is -0.899.